The van der Waals surface area contributed by atoms with Gasteiger partial charge in [-0.2, -0.15) is 13.2 Å². The Balaban J connectivity index is 1.77. The van der Waals surface area contributed by atoms with E-state index in [0.29, 0.717) is 10.5 Å². The van der Waals surface area contributed by atoms with Crippen LogP contribution >= 0.6 is 23.4 Å². The maximum absolute atomic E-state index is 15.0. The Bertz CT molecular complexity index is 1530. The number of fused-ring (bicyclic) bond motifs is 3. The van der Waals surface area contributed by atoms with E-state index in [9.17, 15) is 36.6 Å². The predicted octanol–water partition coefficient (Wildman–Crippen LogP) is 5.26. The first-order valence-corrected chi connectivity index (χ1v) is 12.3. The molecule has 37 heavy (non-hydrogen) atoms. The van der Waals surface area contributed by atoms with Crippen LogP contribution in [0.3, 0.4) is 0 Å². The molecule has 1 amide bonds. The molecule has 194 valence electrons. The Morgan fingerprint density at radius 3 is 2.54 bits per heavy atom. The smallest absolute Gasteiger partial charge is 0.408 e. The first-order chi connectivity index (χ1) is 17.4. The molecule has 0 radical (unpaired) electrons. The van der Waals surface area contributed by atoms with Gasteiger partial charge < -0.3 is 15.4 Å². The van der Waals surface area contributed by atoms with Crippen molar-refractivity contribution in [1.82, 2.24) is 9.58 Å². The van der Waals surface area contributed by atoms with Crippen LogP contribution in [0, 0.1) is 11.6 Å². The molecule has 0 unspecified atom stereocenters. The van der Waals surface area contributed by atoms with Gasteiger partial charge in [0.15, 0.2) is 23.1 Å². The number of aromatic hydroxyl groups is 1. The van der Waals surface area contributed by atoms with Gasteiger partial charge in [0.25, 0.3) is 5.91 Å². The Morgan fingerprint density at radius 1 is 1.14 bits per heavy atom. The van der Waals surface area contributed by atoms with Gasteiger partial charge in [-0.25, -0.2) is 13.5 Å². The number of hydrogen-bond acceptors (Lipinski definition) is 5. The van der Waals surface area contributed by atoms with E-state index in [1.54, 1.807) is 18.2 Å². The first kappa shape index (κ1) is 25.4. The molecule has 3 aromatic rings. The Morgan fingerprint density at radius 2 is 1.84 bits per heavy atom. The summed E-state index contributed by atoms with van der Waals surface area (Å²) in [6, 6.07) is 5.80. The number of nitrogens with zero attached hydrogens (tertiary/aromatic N) is 2. The number of carbonyl (C=O) groups is 1. The molecular weight excluding hydrogens is 541 g/mol. The van der Waals surface area contributed by atoms with Gasteiger partial charge in [-0.15, -0.1) is 11.8 Å². The summed E-state index contributed by atoms with van der Waals surface area (Å²) in [4.78, 5) is 27.2. The molecule has 3 heterocycles. The fourth-order valence-electron chi connectivity index (χ4n) is 4.48. The summed E-state index contributed by atoms with van der Waals surface area (Å²) < 4.78 is 70.7. The molecule has 1 aromatic heterocycles. The zero-order chi connectivity index (χ0) is 26.8. The standard InChI is InChI=1S/C24H17ClF5N3O3S/c1-10(24(28,29)30)32-9-31-33-19(17(25)21(34)22(35)20(33)23(32)36)13-7-15(26)18(27)14-8-37-16-5-3-2-4-11(16)6-12(13)14/h2-5,7,10,31,35H,6,8-9H2,1H3/t10-/m1/s1. The molecule has 0 saturated carbocycles. The van der Waals surface area contributed by atoms with Crippen LogP contribution < -0.4 is 10.9 Å². The molecule has 2 N–H and O–H groups in total. The minimum absolute atomic E-state index is 0.0246. The second-order valence-electron chi connectivity index (χ2n) is 8.58. The van der Waals surface area contributed by atoms with Crippen LogP contribution in [0.15, 0.2) is 40.0 Å². The highest BCUT2D eigenvalue weighted by atomic mass is 35.5. The minimum Gasteiger partial charge on any atom is -0.502 e. The molecule has 2 aliphatic rings. The largest absolute Gasteiger partial charge is 0.502 e. The summed E-state index contributed by atoms with van der Waals surface area (Å²) in [5.74, 6) is -4.71. The Hall–Kier alpha value is -3.25. The fraction of sp³-hybridized carbons (Fsp3) is 0.250. The van der Waals surface area contributed by atoms with E-state index in [4.69, 9.17) is 11.6 Å². The third kappa shape index (κ3) is 4.02. The molecule has 2 aliphatic heterocycles. The van der Waals surface area contributed by atoms with Gasteiger partial charge in [0.1, 0.15) is 17.7 Å². The number of nitrogens with one attached hydrogen (secondary N) is 1. The van der Waals surface area contributed by atoms with Crippen molar-refractivity contribution < 1.29 is 31.9 Å². The van der Waals surface area contributed by atoms with Crippen molar-refractivity contribution in [3.05, 3.63) is 79.6 Å². The highest BCUT2D eigenvalue weighted by molar-refractivity contribution is 7.98. The number of benzene rings is 2. The molecule has 0 spiro atoms. The molecule has 13 heteroatoms. The minimum atomic E-state index is -4.78. The number of rotatable bonds is 2. The third-order valence-corrected chi connectivity index (χ3v) is 7.99. The fourth-order valence-corrected chi connectivity index (χ4v) is 5.86. The molecule has 2 aromatic carbocycles. The number of amides is 1. The van der Waals surface area contributed by atoms with Crippen LogP contribution in [0.2, 0.25) is 5.02 Å². The van der Waals surface area contributed by atoms with Crippen molar-refractivity contribution in [2.45, 2.75) is 36.2 Å². The predicted molar refractivity (Wildman–Crippen MR) is 127 cm³/mol. The van der Waals surface area contributed by atoms with Crippen molar-refractivity contribution in [2.24, 2.45) is 0 Å². The molecule has 5 rings (SSSR count). The van der Waals surface area contributed by atoms with E-state index >= 15 is 0 Å². The van der Waals surface area contributed by atoms with Crippen molar-refractivity contribution in [2.75, 3.05) is 12.1 Å². The monoisotopic (exact) mass is 557 g/mol. The van der Waals surface area contributed by atoms with Crippen molar-refractivity contribution in [3.8, 4) is 17.0 Å². The molecule has 0 bridgehead atoms. The van der Waals surface area contributed by atoms with Gasteiger partial charge >= 0.3 is 6.18 Å². The van der Waals surface area contributed by atoms with E-state index in [0.717, 1.165) is 28.1 Å². The second-order valence-corrected chi connectivity index (χ2v) is 9.98. The van der Waals surface area contributed by atoms with E-state index in [1.165, 1.54) is 11.8 Å². The van der Waals surface area contributed by atoms with Crippen molar-refractivity contribution in [1.29, 1.82) is 0 Å². The number of thioether (sulfide) groups is 1. The number of alkyl halides is 3. The van der Waals surface area contributed by atoms with Gasteiger partial charge in [-0.05, 0) is 36.6 Å². The van der Waals surface area contributed by atoms with Crippen LogP contribution in [0.1, 0.15) is 34.1 Å². The van der Waals surface area contributed by atoms with Gasteiger partial charge in [0.2, 0.25) is 5.43 Å². The van der Waals surface area contributed by atoms with E-state index in [-0.39, 0.29) is 29.0 Å². The maximum atomic E-state index is 15.0. The highest BCUT2D eigenvalue weighted by Crippen LogP contribution is 2.42. The number of hydrogen-bond donors (Lipinski definition) is 2. The number of halogens is 6. The maximum Gasteiger partial charge on any atom is 0.408 e. The molecule has 0 fully saturated rings. The number of carbonyl (C=O) groups excluding carboxylic acids is 1. The zero-order valence-corrected chi connectivity index (χ0v) is 20.5. The van der Waals surface area contributed by atoms with Crippen molar-refractivity contribution in [3.63, 3.8) is 0 Å². The normalized spacial score (nSPS) is 15.9. The SMILES string of the molecule is C[C@@H](N1CNn2c(c(O)c(=O)c(Cl)c2-c2cc(F)c(F)c3c2Cc2ccccc2SC3)C1=O)C(F)(F)F. The summed E-state index contributed by atoms with van der Waals surface area (Å²) in [6.45, 7) is 0.0915. The molecule has 6 nitrogen and oxygen atoms in total. The Labute approximate surface area is 215 Å². The van der Waals surface area contributed by atoms with Gasteiger partial charge in [-0.1, -0.05) is 29.8 Å². The summed E-state index contributed by atoms with van der Waals surface area (Å²) >= 11 is 7.60. The Kier molecular flexibility index (Phi) is 6.14. The summed E-state index contributed by atoms with van der Waals surface area (Å²) in [5, 5.41) is 9.84. The number of aromatic nitrogens is 1. The van der Waals surface area contributed by atoms with Crippen LogP contribution in [0.4, 0.5) is 22.0 Å². The molecule has 1 atom stereocenters. The highest BCUT2D eigenvalue weighted by Gasteiger charge is 2.45. The first-order valence-electron chi connectivity index (χ1n) is 10.9. The van der Waals surface area contributed by atoms with Gasteiger partial charge in [-0.3, -0.25) is 9.59 Å². The summed E-state index contributed by atoms with van der Waals surface area (Å²) in [7, 11) is 0. The van der Waals surface area contributed by atoms with E-state index < -0.39 is 58.3 Å². The average Bonchev–Trinajstić information content (AvgIpc) is 3.05. The van der Waals surface area contributed by atoms with Crippen LogP contribution in [-0.4, -0.2) is 39.5 Å². The van der Waals surface area contributed by atoms with Crippen LogP contribution in [0.5, 0.6) is 5.75 Å². The lowest BCUT2D eigenvalue weighted by Gasteiger charge is -2.37. The van der Waals surface area contributed by atoms with E-state index in [1.807, 2.05) is 6.07 Å². The van der Waals surface area contributed by atoms with Gasteiger partial charge in [0.05, 0.1) is 5.69 Å². The average molecular weight is 558 g/mol. The molecule has 0 aliphatic carbocycles. The molecule has 0 saturated heterocycles. The second kappa shape index (κ2) is 8.95. The molecular formula is C24H17ClF5N3O3S. The lowest BCUT2D eigenvalue weighted by Crippen LogP contribution is -2.54. The van der Waals surface area contributed by atoms with Crippen LogP contribution in [0.25, 0.3) is 11.3 Å². The van der Waals surface area contributed by atoms with Crippen molar-refractivity contribution >= 4 is 29.3 Å². The zero-order valence-electron chi connectivity index (χ0n) is 18.9. The lowest BCUT2D eigenvalue weighted by atomic mass is 9.92. The summed E-state index contributed by atoms with van der Waals surface area (Å²) in [5.41, 5.74) is 1.34. The topological polar surface area (TPSA) is 74.6 Å². The third-order valence-electron chi connectivity index (χ3n) is 6.50. The van der Waals surface area contributed by atoms with E-state index in [2.05, 4.69) is 5.43 Å². The number of pyridine rings is 1. The van der Waals surface area contributed by atoms with Crippen LogP contribution in [-0.2, 0) is 12.2 Å². The quantitative estimate of drug-likeness (QED) is 0.421. The summed E-state index contributed by atoms with van der Waals surface area (Å²) in [6.07, 6.45) is -4.66. The van der Waals surface area contributed by atoms with Gasteiger partial charge in [0, 0.05) is 21.8 Å². The lowest BCUT2D eigenvalue weighted by molar-refractivity contribution is -0.172.